The van der Waals surface area contributed by atoms with Crippen molar-refractivity contribution < 1.29 is 0 Å². The molecule has 3 aromatic rings. The molecule has 0 saturated carbocycles. The zero-order valence-electron chi connectivity index (χ0n) is 10.3. The van der Waals surface area contributed by atoms with Crippen LogP contribution in [0.25, 0.3) is 22.4 Å². The van der Waals surface area contributed by atoms with E-state index in [9.17, 15) is 0 Å². The molecule has 0 saturated heterocycles. The molecule has 1 nitrogen and oxygen atoms in total. The Balaban J connectivity index is 2.15. The molecule has 0 aliphatic heterocycles. The van der Waals surface area contributed by atoms with E-state index in [1.165, 1.54) is 5.56 Å². The van der Waals surface area contributed by atoms with Crippen LogP contribution in [0.3, 0.4) is 0 Å². The Kier molecular flexibility index (Phi) is 3.30. The van der Waals surface area contributed by atoms with Crippen LogP contribution >= 0.6 is 11.6 Å². The maximum absolute atomic E-state index is 5.94. The summed E-state index contributed by atoms with van der Waals surface area (Å²) in [7, 11) is 0. The third-order valence-electron chi connectivity index (χ3n) is 3.01. The van der Waals surface area contributed by atoms with Crippen molar-refractivity contribution in [2.24, 2.45) is 0 Å². The second kappa shape index (κ2) is 5.25. The van der Waals surface area contributed by atoms with Gasteiger partial charge in [-0.2, -0.15) is 0 Å². The normalized spacial score (nSPS) is 10.4. The third kappa shape index (κ3) is 2.51. The van der Waals surface area contributed by atoms with Gasteiger partial charge in [-0.05, 0) is 23.8 Å². The highest BCUT2D eigenvalue weighted by Crippen LogP contribution is 2.30. The van der Waals surface area contributed by atoms with E-state index < -0.39 is 0 Å². The molecule has 0 aliphatic carbocycles. The molecule has 0 N–H and O–H groups in total. The summed E-state index contributed by atoms with van der Waals surface area (Å²) >= 11 is 5.94. The molecule has 2 aromatic carbocycles. The molecule has 3 rings (SSSR count). The fourth-order valence-electron chi connectivity index (χ4n) is 2.09. The van der Waals surface area contributed by atoms with Crippen LogP contribution in [-0.4, -0.2) is 4.98 Å². The van der Waals surface area contributed by atoms with Gasteiger partial charge in [0.1, 0.15) is 0 Å². The number of rotatable bonds is 2. The Hall–Kier alpha value is -2.12. The minimum absolute atomic E-state index is 0.737. The summed E-state index contributed by atoms with van der Waals surface area (Å²) in [6.45, 7) is 0. The van der Waals surface area contributed by atoms with E-state index >= 15 is 0 Å². The monoisotopic (exact) mass is 265 g/mol. The Morgan fingerprint density at radius 1 is 0.684 bits per heavy atom. The zero-order valence-corrected chi connectivity index (χ0v) is 11.0. The van der Waals surface area contributed by atoms with E-state index in [2.05, 4.69) is 23.2 Å². The number of hydrogen-bond donors (Lipinski definition) is 0. The van der Waals surface area contributed by atoms with Crippen LogP contribution in [0.1, 0.15) is 0 Å². The molecule has 0 fully saturated rings. The zero-order chi connectivity index (χ0) is 13.1. The van der Waals surface area contributed by atoms with Crippen LogP contribution in [0, 0.1) is 0 Å². The van der Waals surface area contributed by atoms with Crippen LogP contribution < -0.4 is 0 Å². The van der Waals surface area contributed by atoms with Gasteiger partial charge in [0.15, 0.2) is 0 Å². The van der Waals surface area contributed by atoms with Crippen molar-refractivity contribution in [2.75, 3.05) is 0 Å². The van der Waals surface area contributed by atoms with Crippen molar-refractivity contribution >= 4 is 11.6 Å². The summed E-state index contributed by atoms with van der Waals surface area (Å²) < 4.78 is 0. The van der Waals surface area contributed by atoms with Crippen molar-refractivity contribution in [2.45, 2.75) is 0 Å². The third-order valence-corrected chi connectivity index (χ3v) is 3.26. The number of benzene rings is 2. The van der Waals surface area contributed by atoms with Crippen LogP contribution in [0.15, 0.2) is 72.9 Å². The Morgan fingerprint density at radius 3 is 2.16 bits per heavy atom. The fourth-order valence-corrected chi connectivity index (χ4v) is 2.22. The molecule has 0 spiro atoms. The highest BCUT2D eigenvalue weighted by atomic mass is 35.5. The van der Waals surface area contributed by atoms with Gasteiger partial charge < -0.3 is 0 Å². The van der Waals surface area contributed by atoms with Gasteiger partial charge in [-0.3, -0.25) is 4.98 Å². The molecule has 0 radical (unpaired) electrons. The fraction of sp³-hybridized carbons (Fsp3) is 0. The summed E-state index contributed by atoms with van der Waals surface area (Å²) in [5.41, 5.74) is 4.35. The van der Waals surface area contributed by atoms with Crippen LogP contribution in [0.2, 0.25) is 5.02 Å². The number of hydrogen-bond acceptors (Lipinski definition) is 1. The Labute approximate surface area is 117 Å². The molecule has 0 aliphatic rings. The summed E-state index contributed by atoms with van der Waals surface area (Å²) in [6.07, 6.45) is 1.82. The first-order valence-electron chi connectivity index (χ1n) is 6.11. The molecule has 0 amide bonds. The van der Waals surface area contributed by atoms with E-state index in [4.69, 9.17) is 11.6 Å². The summed E-state index contributed by atoms with van der Waals surface area (Å²) in [5.74, 6) is 0. The molecule has 0 bridgehead atoms. The summed E-state index contributed by atoms with van der Waals surface area (Å²) in [4.78, 5) is 4.51. The second-order valence-corrected chi connectivity index (χ2v) is 4.71. The van der Waals surface area contributed by atoms with Gasteiger partial charge in [-0.15, -0.1) is 0 Å². The topological polar surface area (TPSA) is 12.9 Å². The maximum atomic E-state index is 5.94. The molecular weight excluding hydrogens is 254 g/mol. The average molecular weight is 266 g/mol. The maximum Gasteiger partial charge on any atom is 0.0780 e. The average Bonchev–Trinajstić information content (AvgIpc) is 2.49. The summed E-state index contributed by atoms with van der Waals surface area (Å²) in [6, 6.07) is 22.1. The van der Waals surface area contributed by atoms with Gasteiger partial charge in [-0.1, -0.05) is 60.1 Å². The molecule has 0 atom stereocenters. The van der Waals surface area contributed by atoms with Gasteiger partial charge in [0.25, 0.3) is 0 Å². The van der Waals surface area contributed by atoms with E-state index in [1.807, 2.05) is 54.7 Å². The first kappa shape index (κ1) is 11.9. The van der Waals surface area contributed by atoms with Crippen molar-refractivity contribution in [1.29, 1.82) is 0 Å². The van der Waals surface area contributed by atoms with Gasteiger partial charge in [0.05, 0.1) is 5.69 Å². The van der Waals surface area contributed by atoms with E-state index in [0.717, 1.165) is 21.8 Å². The predicted molar refractivity (Wildman–Crippen MR) is 80.1 cm³/mol. The predicted octanol–water partition coefficient (Wildman–Crippen LogP) is 5.07. The lowest BCUT2D eigenvalue weighted by Crippen LogP contribution is -1.88. The summed E-state index contributed by atoms with van der Waals surface area (Å²) in [5, 5.41) is 0.737. The Morgan fingerprint density at radius 2 is 1.42 bits per heavy atom. The lowest BCUT2D eigenvalue weighted by atomic mass is 10.00. The standard InChI is InChI=1S/C17H12ClN/c18-15-10-8-14(9-11-15)17-16(7-4-12-19-17)13-5-2-1-3-6-13/h1-12H. The van der Waals surface area contributed by atoms with E-state index in [1.54, 1.807) is 0 Å². The van der Waals surface area contributed by atoms with Crippen molar-refractivity contribution in [3.63, 3.8) is 0 Å². The second-order valence-electron chi connectivity index (χ2n) is 4.27. The van der Waals surface area contributed by atoms with Gasteiger partial charge in [0, 0.05) is 22.3 Å². The van der Waals surface area contributed by atoms with Crippen molar-refractivity contribution in [3.05, 3.63) is 77.9 Å². The molecular formula is C17H12ClN. The molecule has 2 heteroatoms. The van der Waals surface area contributed by atoms with Crippen LogP contribution in [0.4, 0.5) is 0 Å². The molecule has 1 heterocycles. The highest BCUT2D eigenvalue weighted by molar-refractivity contribution is 6.30. The van der Waals surface area contributed by atoms with E-state index in [0.29, 0.717) is 0 Å². The van der Waals surface area contributed by atoms with E-state index in [-0.39, 0.29) is 0 Å². The molecule has 92 valence electrons. The van der Waals surface area contributed by atoms with Crippen LogP contribution in [0.5, 0.6) is 0 Å². The molecule has 1 aromatic heterocycles. The van der Waals surface area contributed by atoms with Gasteiger partial charge >= 0.3 is 0 Å². The van der Waals surface area contributed by atoms with Crippen molar-refractivity contribution in [3.8, 4) is 22.4 Å². The highest BCUT2D eigenvalue weighted by Gasteiger charge is 2.07. The number of aromatic nitrogens is 1. The quantitative estimate of drug-likeness (QED) is 0.630. The molecule has 19 heavy (non-hydrogen) atoms. The lowest BCUT2D eigenvalue weighted by Gasteiger charge is -2.08. The SMILES string of the molecule is Clc1ccc(-c2ncccc2-c2ccccc2)cc1. The number of halogens is 1. The largest absolute Gasteiger partial charge is 0.256 e. The molecule has 0 unspecified atom stereocenters. The lowest BCUT2D eigenvalue weighted by molar-refractivity contribution is 1.32. The van der Waals surface area contributed by atoms with Gasteiger partial charge in [-0.25, -0.2) is 0 Å². The minimum atomic E-state index is 0.737. The minimum Gasteiger partial charge on any atom is -0.256 e. The first-order chi connectivity index (χ1) is 9.34. The van der Waals surface area contributed by atoms with Crippen molar-refractivity contribution in [1.82, 2.24) is 4.98 Å². The smallest absolute Gasteiger partial charge is 0.0780 e. The number of nitrogens with zero attached hydrogens (tertiary/aromatic N) is 1. The Bertz CT molecular complexity index is 675. The first-order valence-corrected chi connectivity index (χ1v) is 6.49. The van der Waals surface area contributed by atoms with Crippen LogP contribution in [-0.2, 0) is 0 Å². The van der Waals surface area contributed by atoms with Gasteiger partial charge in [0.2, 0.25) is 0 Å². The number of pyridine rings is 1.